The van der Waals surface area contributed by atoms with Crippen LogP contribution in [-0.2, 0) is 21.2 Å². The lowest BCUT2D eigenvalue weighted by molar-refractivity contribution is -0.138. The number of hydrogen-bond donors (Lipinski definition) is 0. The maximum absolute atomic E-state index is 13.2. The van der Waals surface area contributed by atoms with Crippen LogP contribution in [0.1, 0.15) is 31.2 Å². The van der Waals surface area contributed by atoms with Gasteiger partial charge in [-0.1, -0.05) is 36.4 Å². The van der Waals surface area contributed by atoms with Gasteiger partial charge in [-0.25, -0.2) is 13.0 Å². The molecule has 0 unspecified atom stereocenters. The molecule has 0 aliphatic carbocycles. The Labute approximate surface area is 193 Å². The summed E-state index contributed by atoms with van der Waals surface area (Å²) in [6, 6.07) is 15.3. The first-order chi connectivity index (χ1) is 16.0. The minimum absolute atomic E-state index is 0.103. The van der Waals surface area contributed by atoms with Crippen LogP contribution in [0.2, 0.25) is 0 Å². The minimum atomic E-state index is -3.72. The number of fused-ring (bicyclic) bond motifs is 1. The fourth-order valence-electron chi connectivity index (χ4n) is 5.03. The number of rotatable bonds is 5. The van der Waals surface area contributed by atoms with Gasteiger partial charge in [0.1, 0.15) is 10.4 Å². The standard InChI is InChI=1S/C24H28N4O4S/c29-24(27-13-9-19(10-14-27)17-18-5-2-1-3-6-18)20-11-15-28(16-12-20)33(30,31)22-8-4-7-21-23(22)26-32-25-21/h1-8,19-20H,9-17H2. The molecular formula is C24H28N4O4S. The molecule has 0 bridgehead atoms. The normalized spacial score (nSPS) is 19.2. The summed E-state index contributed by atoms with van der Waals surface area (Å²) in [6.45, 7) is 2.22. The van der Waals surface area contributed by atoms with Gasteiger partial charge in [0.2, 0.25) is 15.9 Å². The Morgan fingerprint density at radius 1 is 0.909 bits per heavy atom. The molecule has 1 amide bonds. The number of amides is 1. The van der Waals surface area contributed by atoms with Crippen molar-refractivity contribution in [3.8, 4) is 0 Å². The molecule has 0 radical (unpaired) electrons. The van der Waals surface area contributed by atoms with Crippen molar-refractivity contribution in [2.24, 2.45) is 11.8 Å². The van der Waals surface area contributed by atoms with Crippen molar-refractivity contribution in [2.45, 2.75) is 37.0 Å². The first kappa shape index (κ1) is 22.0. The van der Waals surface area contributed by atoms with Gasteiger partial charge in [0, 0.05) is 32.1 Å². The van der Waals surface area contributed by atoms with Crippen molar-refractivity contribution in [3.63, 3.8) is 0 Å². The van der Waals surface area contributed by atoms with Gasteiger partial charge in [-0.2, -0.15) is 4.31 Å². The smallest absolute Gasteiger partial charge is 0.245 e. The van der Waals surface area contributed by atoms with Gasteiger partial charge in [-0.05, 0) is 66.0 Å². The molecule has 5 rings (SSSR count). The Bertz CT molecular complexity index is 1210. The largest absolute Gasteiger partial charge is 0.342 e. The average Bonchev–Trinajstić information content (AvgIpc) is 3.34. The number of benzene rings is 2. The summed E-state index contributed by atoms with van der Waals surface area (Å²) in [7, 11) is -3.72. The van der Waals surface area contributed by atoms with E-state index in [0.717, 1.165) is 32.4 Å². The van der Waals surface area contributed by atoms with Crippen LogP contribution in [0, 0.1) is 11.8 Å². The SMILES string of the molecule is O=C(C1CCN(S(=O)(=O)c2cccc3nonc23)CC1)N1CCC(Cc2ccccc2)CC1. The van der Waals surface area contributed by atoms with Gasteiger partial charge in [-0.15, -0.1) is 0 Å². The van der Waals surface area contributed by atoms with Crippen LogP contribution in [0.4, 0.5) is 0 Å². The van der Waals surface area contributed by atoms with E-state index in [2.05, 4.69) is 34.6 Å². The number of aromatic nitrogens is 2. The summed E-state index contributed by atoms with van der Waals surface area (Å²) >= 11 is 0. The van der Waals surface area contributed by atoms with Crippen molar-refractivity contribution in [1.29, 1.82) is 0 Å². The fourth-order valence-corrected chi connectivity index (χ4v) is 6.64. The van der Waals surface area contributed by atoms with Crippen LogP contribution >= 0.6 is 0 Å². The predicted octanol–water partition coefficient (Wildman–Crippen LogP) is 3.10. The van der Waals surface area contributed by atoms with E-state index in [1.165, 1.54) is 15.9 Å². The Morgan fingerprint density at radius 3 is 2.36 bits per heavy atom. The third-order valence-corrected chi connectivity index (χ3v) is 8.89. The molecule has 0 saturated carbocycles. The lowest BCUT2D eigenvalue weighted by Crippen LogP contribution is -2.46. The zero-order valence-electron chi connectivity index (χ0n) is 18.5. The molecule has 2 saturated heterocycles. The van der Waals surface area contributed by atoms with Crippen molar-refractivity contribution in [3.05, 3.63) is 54.1 Å². The van der Waals surface area contributed by atoms with Gasteiger partial charge in [-0.3, -0.25) is 4.79 Å². The molecule has 8 nitrogen and oxygen atoms in total. The monoisotopic (exact) mass is 468 g/mol. The van der Waals surface area contributed by atoms with Gasteiger partial charge >= 0.3 is 0 Å². The van der Waals surface area contributed by atoms with E-state index in [1.807, 2.05) is 11.0 Å². The van der Waals surface area contributed by atoms with E-state index in [-0.39, 0.29) is 22.2 Å². The first-order valence-corrected chi connectivity index (χ1v) is 13.0. The molecular weight excluding hydrogens is 440 g/mol. The molecule has 33 heavy (non-hydrogen) atoms. The zero-order chi connectivity index (χ0) is 22.8. The number of likely N-dealkylation sites (tertiary alicyclic amines) is 1. The highest BCUT2D eigenvalue weighted by Crippen LogP contribution is 2.29. The number of hydrogen-bond acceptors (Lipinski definition) is 6. The molecule has 2 aromatic carbocycles. The summed E-state index contributed by atoms with van der Waals surface area (Å²) in [5.41, 5.74) is 2.01. The third-order valence-electron chi connectivity index (χ3n) is 6.96. The highest BCUT2D eigenvalue weighted by atomic mass is 32.2. The molecule has 2 aliphatic heterocycles. The first-order valence-electron chi connectivity index (χ1n) is 11.6. The number of carbonyl (C=O) groups is 1. The summed E-state index contributed by atoms with van der Waals surface area (Å²) in [6.07, 6.45) is 4.17. The number of piperidine rings is 2. The van der Waals surface area contributed by atoms with Crippen LogP contribution in [0.15, 0.2) is 58.1 Å². The Hall–Kier alpha value is -2.78. The van der Waals surface area contributed by atoms with Gasteiger partial charge in [0.25, 0.3) is 0 Å². The minimum Gasteiger partial charge on any atom is -0.342 e. The van der Waals surface area contributed by atoms with E-state index < -0.39 is 10.0 Å². The molecule has 9 heteroatoms. The van der Waals surface area contributed by atoms with Crippen molar-refractivity contribution in [1.82, 2.24) is 19.5 Å². The average molecular weight is 469 g/mol. The quantitative estimate of drug-likeness (QED) is 0.571. The topological polar surface area (TPSA) is 96.6 Å². The highest BCUT2D eigenvalue weighted by molar-refractivity contribution is 7.89. The molecule has 2 fully saturated rings. The molecule has 2 aliphatic rings. The van der Waals surface area contributed by atoms with E-state index in [1.54, 1.807) is 12.1 Å². The van der Waals surface area contributed by atoms with Crippen LogP contribution in [0.3, 0.4) is 0 Å². The second-order valence-electron chi connectivity index (χ2n) is 9.02. The number of sulfonamides is 1. The Kier molecular flexibility index (Phi) is 6.16. The maximum atomic E-state index is 13.2. The summed E-state index contributed by atoms with van der Waals surface area (Å²) in [4.78, 5) is 15.2. The summed E-state index contributed by atoms with van der Waals surface area (Å²) < 4.78 is 32.5. The fraction of sp³-hybridized carbons (Fsp3) is 0.458. The van der Waals surface area contributed by atoms with Crippen LogP contribution in [0.5, 0.6) is 0 Å². The summed E-state index contributed by atoms with van der Waals surface area (Å²) in [5, 5.41) is 7.50. The highest BCUT2D eigenvalue weighted by Gasteiger charge is 2.36. The zero-order valence-corrected chi connectivity index (χ0v) is 19.3. The Balaban J connectivity index is 1.16. The number of nitrogens with zero attached hydrogens (tertiary/aromatic N) is 4. The molecule has 174 valence electrons. The molecule has 3 aromatic rings. The van der Waals surface area contributed by atoms with Crippen molar-refractivity contribution in [2.75, 3.05) is 26.2 Å². The van der Waals surface area contributed by atoms with Gasteiger partial charge in [0.05, 0.1) is 0 Å². The van der Waals surface area contributed by atoms with Crippen LogP contribution in [-0.4, -0.2) is 60.0 Å². The predicted molar refractivity (Wildman–Crippen MR) is 123 cm³/mol. The lowest BCUT2D eigenvalue weighted by Gasteiger charge is -2.37. The van der Waals surface area contributed by atoms with Crippen LogP contribution < -0.4 is 0 Å². The summed E-state index contributed by atoms with van der Waals surface area (Å²) in [5.74, 6) is 0.664. The van der Waals surface area contributed by atoms with E-state index in [4.69, 9.17) is 4.63 Å². The van der Waals surface area contributed by atoms with Crippen molar-refractivity contribution >= 4 is 27.0 Å². The van der Waals surface area contributed by atoms with Gasteiger partial charge in [0.15, 0.2) is 5.52 Å². The Morgan fingerprint density at radius 2 is 1.64 bits per heavy atom. The molecule has 0 N–H and O–H groups in total. The van der Waals surface area contributed by atoms with Crippen LogP contribution in [0.25, 0.3) is 11.0 Å². The molecule has 3 heterocycles. The number of carbonyl (C=O) groups excluding carboxylic acids is 1. The van der Waals surface area contributed by atoms with E-state index in [0.29, 0.717) is 37.4 Å². The molecule has 1 aromatic heterocycles. The van der Waals surface area contributed by atoms with E-state index in [9.17, 15) is 13.2 Å². The maximum Gasteiger partial charge on any atom is 0.245 e. The van der Waals surface area contributed by atoms with Gasteiger partial charge < -0.3 is 4.90 Å². The second-order valence-corrected chi connectivity index (χ2v) is 10.9. The van der Waals surface area contributed by atoms with Crippen molar-refractivity contribution < 1.29 is 17.8 Å². The second kappa shape index (κ2) is 9.23. The molecule has 0 spiro atoms. The van der Waals surface area contributed by atoms with E-state index >= 15 is 0 Å². The third kappa shape index (κ3) is 4.52. The molecule has 0 atom stereocenters. The lowest BCUT2D eigenvalue weighted by atomic mass is 9.89.